The zero-order chi connectivity index (χ0) is 13.5. The van der Waals surface area contributed by atoms with Gasteiger partial charge < -0.3 is 10.6 Å². The minimum Gasteiger partial charge on any atom is -0.381 e. The van der Waals surface area contributed by atoms with Gasteiger partial charge in [-0.2, -0.15) is 5.10 Å². The summed E-state index contributed by atoms with van der Waals surface area (Å²) in [5.74, 6) is 0. The highest BCUT2D eigenvalue weighted by molar-refractivity contribution is 6.32. The van der Waals surface area contributed by atoms with E-state index in [0.717, 1.165) is 13.0 Å². The fraction of sp³-hybridized carbons (Fsp3) is 0.667. The molecule has 0 saturated carbocycles. The van der Waals surface area contributed by atoms with Crippen LogP contribution in [0.5, 0.6) is 0 Å². The van der Waals surface area contributed by atoms with Crippen LogP contribution in [0.25, 0.3) is 0 Å². The summed E-state index contributed by atoms with van der Waals surface area (Å²) in [5, 5.41) is 10.7. The van der Waals surface area contributed by atoms with E-state index in [0.29, 0.717) is 24.8 Å². The van der Waals surface area contributed by atoms with Gasteiger partial charge in [-0.05, 0) is 6.42 Å². The van der Waals surface area contributed by atoms with Crippen LogP contribution in [0, 0.1) is 0 Å². The molecule has 1 aromatic rings. The van der Waals surface area contributed by atoms with E-state index in [-0.39, 0.29) is 10.6 Å². The number of nitrogens with one attached hydrogen (secondary N) is 2. The standard InChI is InChI=1S/C12H21ClN4O/c1-4-7-17-12(18)11(13)10(8-16-17)15-6-5-14-9(2)3/h8-9,14-15H,4-7H2,1-3H3. The van der Waals surface area contributed by atoms with Gasteiger partial charge in [-0.1, -0.05) is 32.4 Å². The number of halogens is 1. The molecule has 0 fully saturated rings. The van der Waals surface area contributed by atoms with Crippen molar-refractivity contribution >= 4 is 17.3 Å². The maximum atomic E-state index is 11.8. The molecule has 0 spiro atoms. The smallest absolute Gasteiger partial charge is 0.287 e. The molecular formula is C12H21ClN4O. The summed E-state index contributed by atoms with van der Waals surface area (Å²) >= 11 is 6.02. The van der Waals surface area contributed by atoms with Crippen molar-refractivity contribution < 1.29 is 0 Å². The van der Waals surface area contributed by atoms with Gasteiger partial charge in [0.25, 0.3) is 5.56 Å². The number of hydrogen-bond donors (Lipinski definition) is 2. The first kappa shape index (κ1) is 15.0. The lowest BCUT2D eigenvalue weighted by Crippen LogP contribution is -2.29. The van der Waals surface area contributed by atoms with E-state index in [2.05, 4.69) is 29.6 Å². The Bertz CT molecular complexity index is 431. The van der Waals surface area contributed by atoms with E-state index in [1.54, 1.807) is 6.20 Å². The van der Waals surface area contributed by atoms with Crippen molar-refractivity contribution in [3.63, 3.8) is 0 Å². The van der Waals surface area contributed by atoms with E-state index in [1.807, 2.05) is 6.92 Å². The molecule has 0 amide bonds. The van der Waals surface area contributed by atoms with Crippen molar-refractivity contribution in [3.8, 4) is 0 Å². The van der Waals surface area contributed by atoms with Gasteiger partial charge >= 0.3 is 0 Å². The molecule has 0 radical (unpaired) electrons. The Balaban J connectivity index is 2.62. The summed E-state index contributed by atoms with van der Waals surface area (Å²) in [6.45, 7) is 8.27. The zero-order valence-electron chi connectivity index (χ0n) is 11.2. The van der Waals surface area contributed by atoms with Crippen molar-refractivity contribution in [1.82, 2.24) is 15.1 Å². The first-order valence-electron chi connectivity index (χ1n) is 6.29. The fourth-order valence-corrected chi connectivity index (χ4v) is 1.73. The molecule has 5 nitrogen and oxygen atoms in total. The number of aromatic nitrogens is 2. The molecular weight excluding hydrogens is 252 g/mol. The van der Waals surface area contributed by atoms with Crippen molar-refractivity contribution in [2.75, 3.05) is 18.4 Å². The van der Waals surface area contributed by atoms with Gasteiger partial charge in [0, 0.05) is 25.7 Å². The Morgan fingerprint density at radius 3 is 2.78 bits per heavy atom. The molecule has 18 heavy (non-hydrogen) atoms. The lowest BCUT2D eigenvalue weighted by molar-refractivity contribution is 0.568. The van der Waals surface area contributed by atoms with E-state index < -0.39 is 0 Å². The van der Waals surface area contributed by atoms with Gasteiger partial charge in [-0.15, -0.1) is 0 Å². The number of nitrogens with zero attached hydrogens (tertiary/aromatic N) is 2. The van der Waals surface area contributed by atoms with Gasteiger partial charge in [0.15, 0.2) is 0 Å². The number of aryl methyl sites for hydroxylation is 1. The molecule has 0 aromatic carbocycles. The number of hydrogen-bond acceptors (Lipinski definition) is 4. The Morgan fingerprint density at radius 1 is 1.44 bits per heavy atom. The molecule has 0 unspecified atom stereocenters. The van der Waals surface area contributed by atoms with E-state index in [4.69, 9.17) is 11.6 Å². The van der Waals surface area contributed by atoms with Gasteiger partial charge in [0.2, 0.25) is 0 Å². The summed E-state index contributed by atoms with van der Waals surface area (Å²) in [5.41, 5.74) is 0.361. The minimum absolute atomic E-state index is 0.211. The first-order valence-corrected chi connectivity index (χ1v) is 6.67. The summed E-state index contributed by atoms with van der Waals surface area (Å²) < 4.78 is 1.39. The molecule has 0 atom stereocenters. The summed E-state index contributed by atoms with van der Waals surface area (Å²) in [7, 11) is 0. The highest BCUT2D eigenvalue weighted by Gasteiger charge is 2.08. The lowest BCUT2D eigenvalue weighted by Gasteiger charge is -2.11. The van der Waals surface area contributed by atoms with Crippen LogP contribution in [0.1, 0.15) is 27.2 Å². The predicted molar refractivity (Wildman–Crippen MR) is 75.4 cm³/mol. The van der Waals surface area contributed by atoms with Crippen LogP contribution in [0.2, 0.25) is 5.02 Å². The molecule has 0 saturated heterocycles. The van der Waals surface area contributed by atoms with Crippen LogP contribution in [0.3, 0.4) is 0 Å². The van der Waals surface area contributed by atoms with E-state index >= 15 is 0 Å². The average molecular weight is 273 g/mol. The molecule has 0 aliphatic carbocycles. The maximum absolute atomic E-state index is 11.8. The van der Waals surface area contributed by atoms with Crippen molar-refractivity contribution in [3.05, 3.63) is 21.6 Å². The summed E-state index contributed by atoms with van der Waals surface area (Å²) in [4.78, 5) is 11.8. The SMILES string of the molecule is CCCn1ncc(NCCNC(C)C)c(Cl)c1=O. The molecule has 1 rings (SSSR count). The molecule has 0 bridgehead atoms. The maximum Gasteiger partial charge on any atom is 0.287 e. The first-order chi connectivity index (χ1) is 8.56. The van der Waals surface area contributed by atoms with Crippen LogP contribution in [0.4, 0.5) is 5.69 Å². The second-order valence-corrected chi connectivity index (χ2v) is 4.81. The Hall–Kier alpha value is -1.07. The highest BCUT2D eigenvalue weighted by atomic mass is 35.5. The second-order valence-electron chi connectivity index (χ2n) is 4.44. The fourth-order valence-electron chi connectivity index (χ4n) is 1.52. The molecule has 1 heterocycles. The predicted octanol–water partition coefficient (Wildman–Crippen LogP) is 1.72. The van der Waals surface area contributed by atoms with E-state index in [1.165, 1.54) is 4.68 Å². The van der Waals surface area contributed by atoms with Gasteiger partial charge in [-0.3, -0.25) is 4.79 Å². The van der Waals surface area contributed by atoms with Crippen LogP contribution in [-0.2, 0) is 6.54 Å². The third-order valence-electron chi connectivity index (χ3n) is 2.41. The van der Waals surface area contributed by atoms with Gasteiger partial charge in [0.05, 0.1) is 11.9 Å². The largest absolute Gasteiger partial charge is 0.381 e. The molecule has 0 aliphatic heterocycles. The summed E-state index contributed by atoms with van der Waals surface area (Å²) in [6, 6.07) is 0.443. The van der Waals surface area contributed by atoms with Crippen LogP contribution >= 0.6 is 11.6 Å². The van der Waals surface area contributed by atoms with Crippen LogP contribution in [0.15, 0.2) is 11.0 Å². The Morgan fingerprint density at radius 2 is 2.17 bits per heavy atom. The minimum atomic E-state index is -0.236. The molecule has 2 N–H and O–H groups in total. The molecule has 0 aliphatic rings. The monoisotopic (exact) mass is 272 g/mol. The number of rotatable bonds is 7. The molecule has 1 aromatic heterocycles. The van der Waals surface area contributed by atoms with Crippen molar-refractivity contribution in [1.29, 1.82) is 0 Å². The Kier molecular flexibility index (Phi) is 6.15. The van der Waals surface area contributed by atoms with Crippen LogP contribution in [-0.4, -0.2) is 28.9 Å². The Labute approximate surface area is 113 Å². The van der Waals surface area contributed by atoms with Crippen molar-refractivity contribution in [2.45, 2.75) is 39.8 Å². The lowest BCUT2D eigenvalue weighted by atomic mass is 10.4. The van der Waals surface area contributed by atoms with Crippen molar-refractivity contribution in [2.24, 2.45) is 0 Å². The van der Waals surface area contributed by atoms with Gasteiger partial charge in [-0.25, -0.2) is 4.68 Å². The van der Waals surface area contributed by atoms with E-state index in [9.17, 15) is 4.79 Å². The molecule has 102 valence electrons. The topological polar surface area (TPSA) is 59.0 Å². The second kappa shape index (κ2) is 7.38. The number of anilines is 1. The average Bonchev–Trinajstić information content (AvgIpc) is 2.33. The summed E-state index contributed by atoms with van der Waals surface area (Å²) in [6.07, 6.45) is 2.46. The third kappa shape index (κ3) is 4.31. The molecule has 6 heteroatoms. The van der Waals surface area contributed by atoms with Gasteiger partial charge in [0.1, 0.15) is 5.02 Å². The third-order valence-corrected chi connectivity index (χ3v) is 2.78. The normalized spacial score (nSPS) is 10.9. The van der Waals surface area contributed by atoms with Crippen LogP contribution < -0.4 is 16.2 Å². The highest BCUT2D eigenvalue weighted by Crippen LogP contribution is 2.14. The zero-order valence-corrected chi connectivity index (χ0v) is 11.9. The quantitative estimate of drug-likeness (QED) is 0.742.